The maximum absolute atomic E-state index is 11.6. The largest absolute Gasteiger partial charge is 0.294 e. The molecule has 0 aromatic heterocycles. The molecule has 70 valence electrons. The molecular weight excluding hydrogens is 160 g/mol. The second-order valence-electron chi connectivity index (χ2n) is 3.42. The predicted molar refractivity (Wildman–Crippen MR) is 55.4 cm³/mol. The fourth-order valence-electron chi connectivity index (χ4n) is 1.57. The molecular formula is C12H16O. The highest BCUT2D eigenvalue weighted by Crippen LogP contribution is 2.29. The third-order valence-corrected chi connectivity index (χ3v) is 2.35. The first-order valence-corrected chi connectivity index (χ1v) is 4.77. The highest BCUT2D eigenvalue weighted by Gasteiger charge is 2.26. The van der Waals surface area contributed by atoms with Crippen LogP contribution in [0.25, 0.3) is 0 Å². The summed E-state index contributed by atoms with van der Waals surface area (Å²) in [5.74, 6) is 0.407. The summed E-state index contributed by atoms with van der Waals surface area (Å²) in [5.41, 5.74) is 1.96. The monoisotopic (exact) mass is 176 g/mol. The second kappa shape index (κ2) is 4.22. The molecule has 0 N–H and O–H groups in total. The van der Waals surface area contributed by atoms with Crippen molar-refractivity contribution in [2.45, 2.75) is 26.7 Å². The van der Waals surface area contributed by atoms with Crippen LogP contribution in [0.1, 0.15) is 26.7 Å². The predicted octanol–water partition coefficient (Wildman–Crippen LogP) is 3.04. The van der Waals surface area contributed by atoms with Gasteiger partial charge in [-0.3, -0.25) is 4.79 Å². The molecule has 0 fully saturated rings. The van der Waals surface area contributed by atoms with E-state index in [9.17, 15) is 4.79 Å². The van der Waals surface area contributed by atoms with Crippen LogP contribution < -0.4 is 0 Å². The molecule has 0 amide bonds. The molecule has 0 heterocycles. The van der Waals surface area contributed by atoms with E-state index in [0.717, 1.165) is 24.0 Å². The zero-order valence-corrected chi connectivity index (χ0v) is 8.34. The SMILES string of the molecule is C=CC1=C(/C=C\CC)C(=O)C(C)C1. The van der Waals surface area contributed by atoms with E-state index in [0.29, 0.717) is 0 Å². The molecule has 0 aromatic carbocycles. The van der Waals surface area contributed by atoms with Gasteiger partial charge in [0.2, 0.25) is 0 Å². The van der Waals surface area contributed by atoms with Gasteiger partial charge in [0.15, 0.2) is 5.78 Å². The number of hydrogen-bond acceptors (Lipinski definition) is 1. The first-order valence-electron chi connectivity index (χ1n) is 4.77. The molecule has 1 atom stereocenters. The zero-order chi connectivity index (χ0) is 9.84. The Morgan fingerprint density at radius 3 is 2.85 bits per heavy atom. The van der Waals surface area contributed by atoms with Gasteiger partial charge in [0.1, 0.15) is 0 Å². The van der Waals surface area contributed by atoms with Crippen LogP contribution in [0.15, 0.2) is 36.0 Å². The Hall–Kier alpha value is -1.11. The second-order valence-corrected chi connectivity index (χ2v) is 3.42. The minimum absolute atomic E-state index is 0.143. The van der Waals surface area contributed by atoms with Crippen molar-refractivity contribution in [2.75, 3.05) is 0 Å². The van der Waals surface area contributed by atoms with Gasteiger partial charge < -0.3 is 0 Å². The number of hydrogen-bond donors (Lipinski definition) is 0. The fraction of sp³-hybridized carbons (Fsp3) is 0.417. The van der Waals surface area contributed by atoms with Gasteiger partial charge in [-0.05, 0) is 18.4 Å². The molecule has 1 aliphatic carbocycles. The molecule has 0 aliphatic heterocycles. The Balaban J connectivity index is 2.93. The van der Waals surface area contributed by atoms with Crippen LogP contribution in [0.5, 0.6) is 0 Å². The molecule has 0 bridgehead atoms. The van der Waals surface area contributed by atoms with Crippen LogP contribution in [0.2, 0.25) is 0 Å². The maximum Gasteiger partial charge on any atom is 0.166 e. The lowest BCUT2D eigenvalue weighted by Gasteiger charge is -1.96. The van der Waals surface area contributed by atoms with Gasteiger partial charge in [0, 0.05) is 11.5 Å². The standard InChI is InChI=1S/C12H16O/c1-4-6-7-11-10(5-2)8-9(3)12(11)13/h5-7,9H,2,4,8H2,1,3H3/b7-6-. The summed E-state index contributed by atoms with van der Waals surface area (Å²) >= 11 is 0. The topological polar surface area (TPSA) is 17.1 Å². The van der Waals surface area contributed by atoms with Gasteiger partial charge in [0.25, 0.3) is 0 Å². The Morgan fingerprint density at radius 2 is 2.31 bits per heavy atom. The first kappa shape index (κ1) is 9.97. The Labute approximate surface area is 79.8 Å². The van der Waals surface area contributed by atoms with Crippen molar-refractivity contribution >= 4 is 5.78 Å². The lowest BCUT2D eigenvalue weighted by atomic mass is 10.1. The molecule has 1 unspecified atom stereocenters. The number of carbonyl (C=O) groups excluding carboxylic acids is 1. The number of rotatable bonds is 3. The highest BCUT2D eigenvalue weighted by atomic mass is 16.1. The molecule has 0 radical (unpaired) electrons. The Kier molecular flexibility index (Phi) is 3.24. The number of ketones is 1. The van der Waals surface area contributed by atoms with Gasteiger partial charge in [-0.15, -0.1) is 0 Å². The molecule has 1 nitrogen and oxygen atoms in total. The Morgan fingerprint density at radius 1 is 1.62 bits per heavy atom. The van der Waals surface area contributed by atoms with Gasteiger partial charge in [0.05, 0.1) is 0 Å². The van der Waals surface area contributed by atoms with Crippen molar-refractivity contribution in [3.05, 3.63) is 36.0 Å². The van der Waals surface area contributed by atoms with Crippen molar-refractivity contribution < 1.29 is 4.79 Å². The summed E-state index contributed by atoms with van der Waals surface area (Å²) in [4.78, 5) is 11.6. The molecule has 13 heavy (non-hydrogen) atoms. The van der Waals surface area contributed by atoms with E-state index in [2.05, 4.69) is 13.5 Å². The van der Waals surface area contributed by atoms with Gasteiger partial charge in [-0.25, -0.2) is 0 Å². The fourth-order valence-corrected chi connectivity index (χ4v) is 1.57. The van der Waals surface area contributed by atoms with Crippen LogP contribution in [0.4, 0.5) is 0 Å². The summed E-state index contributed by atoms with van der Waals surface area (Å²) in [5, 5.41) is 0. The maximum atomic E-state index is 11.6. The van der Waals surface area contributed by atoms with Crippen LogP contribution >= 0.6 is 0 Å². The minimum atomic E-state index is 0.143. The smallest absolute Gasteiger partial charge is 0.166 e. The molecule has 1 aliphatic rings. The van der Waals surface area contributed by atoms with E-state index in [1.54, 1.807) is 6.08 Å². The van der Waals surface area contributed by atoms with E-state index in [1.165, 1.54) is 0 Å². The van der Waals surface area contributed by atoms with Gasteiger partial charge >= 0.3 is 0 Å². The summed E-state index contributed by atoms with van der Waals surface area (Å²) in [6.07, 6.45) is 7.58. The average molecular weight is 176 g/mol. The van der Waals surface area contributed by atoms with E-state index in [4.69, 9.17) is 0 Å². The van der Waals surface area contributed by atoms with E-state index >= 15 is 0 Å². The van der Waals surface area contributed by atoms with Crippen molar-refractivity contribution in [3.63, 3.8) is 0 Å². The van der Waals surface area contributed by atoms with Crippen molar-refractivity contribution in [1.82, 2.24) is 0 Å². The quantitative estimate of drug-likeness (QED) is 0.646. The van der Waals surface area contributed by atoms with Crippen molar-refractivity contribution in [3.8, 4) is 0 Å². The van der Waals surface area contributed by atoms with Gasteiger partial charge in [-0.2, -0.15) is 0 Å². The van der Waals surface area contributed by atoms with Crippen LogP contribution in [-0.2, 0) is 4.79 Å². The zero-order valence-electron chi connectivity index (χ0n) is 8.34. The van der Waals surface area contributed by atoms with Gasteiger partial charge in [-0.1, -0.05) is 38.7 Å². The molecule has 0 spiro atoms. The summed E-state index contributed by atoms with van der Waals surface area (Å²) in [6, 6.07) is 0. The van der Waals surface area contributed by atoms with Crippen molar-refractivity contribution in [1.29, 1.82) is 0 Å². The number of allylic oxidation sites excluding steroid dienone is 5. The third-order valence-electron chi connectivity index (χ3n) is 2.35. The summed E-state index contributed by atoms with van der Waals surface area (Å²) < 4.78 is 0. The lowest BCUT2D eigenvalue weighted by Crippen LogP contribution is -2.04. The molecule has 0 saturated carbocycles. The minimum Gasteiger partial charge on any atom is -0.294 e. The normalized spacial score (nSPS) is 23.2. The van der Waals surface area contributed by atoms with Crippen LogP contribution in [0, 0.1) is 5.92 Å². The molecule has 0 aromatic rings. The Bertz CT molecular complexity index is 281. The van der Waals surface area contributed by atoms with Crippen LogP contribution in [-0.4, -0.2) is 5.78 Å². The molecule has 1 heteroatoms. The first-order chi connectivity index (χ1) is 6.20. The molecule has 0 saturated heterocycles. The highest BCUT2D eigenvalue weighted by molar-refractivity contribution is 6.03. The van der Waals surface area contributed by atoms with E-state index in [-0.39, 0.29) is 11.7 Å². The molecule has 1 rings (SSSR count). The average Bonchev–Trinajstić information content (AvgIpc) is 2.40. The lowest BCUT2D eigenvalue weighted by molar-refractivity contribution is -0.117. The van der Waals surface area contributed by atoms with Crippen LogP contribution in [0.3, 0.4) is 0 Å². The summed E-state index contributed by atoms with van der Waals surface area (Å²) in [7, 11) is 0. The summed E-state index contributed by atoms with van der Waals surface area (Å²) in [6.45, 7) is 7.76. The number of carbonyl (C=O) groups is 1. The number of Topliss-reactive ketones (excluding diaryl/α,β-unsaturated/α-hetero) is 1. The van der Waals surface area contributed by atoms with Crippen molar-refractivity contribution in [2.24, 2.45) is 5.92 Å². The van der Waals surface area contributed by atoms with E-state index in [1.807, 2.05) is 19.1 Å². The third kappa shape index (κ3) is 1.97. The van der Waals surface area contributed by atoms with E-state index < -0.39 is 0 Å².